The van der Waals surface area contributed by atoms with Crippen LogP contribution in [0.25, 0.3) is 0 Å². The lowest BCUT2D eigenvalue weighted by Crippen LogP contribution is -2.44. The first-order valence-electron chi connectivity index (χ1n) is 6.58. The number of sulfonamides is 1. The highest BCUT2D eigenvalue weighted by Gasteiger charge is 2.22. The second kappa shape index (κ2) is 7.40. The van der Waals surface area contributed by atoms with Crippen molar-refractivity contribution in [1.82, 2.24) is 9.62 Å². The van der Waals surface area contributed by atoms with Gasteiger partial charge >= 0.3 is 0 Å². The summed E-state index contributed by atoms with van der Waals surface area (Å²) >= 11 is 0. The number of carbonyl (C=O) groups is 1. The van der Waals surface area contributed by atoms with Gasteiger partial charge in [0.1, 0.15) is 0 Å². The van der Waals surface area contributed by atoms with Gasteiger partial charge in [0, 0.05) is 12.6 Å². The van der Waals surface area contributed by atoms with Gasteiger partial charge in [-0.25, -0.2) is 8.42 Å². The molecule has 1 aromatic carbocycles. The monoisotopic (exact) mass is 298 g/mol. The molecule has 5 nitrogen and oxygen atoms in total. The second-order valence-electron chi connectivity index (χ2n) is 4.99. The van der Waals surface area contributed by atoms with Gasteiger partial charge in [0.25, 0.3) is 0 Å². The summed E-state index contributed by atoms with van der Waals surface area (Å²) in [6.07, 6.45) is 1.84. The first-order chi connectivity index (χ1) is 9.30. The average Bonchev–Trinajstić information content (AvgIpc) is 2.35. The lowest BCUT2D eigenvalue weighted by molar-refractivity contribution is -0.121. The third-order valence-corrected chi connectivity index (χ3v) is 4.28. The number of nitrogens with one attached hydrogen (secondary N) is 1. The molecule has 0 bridgehead atoms. The fourth-order valence-electron chi connectivity index (χ4n) is 1.87. The maximum atomic E-state index is 11.8. The van der Waals surface area contributed by atoms with Gasteiger partial charge in [-0.05, 0) is 25.8 Å². The van der Waals surface area contributed by atoms with E-state index in [0.29, 0.717) is 6.54 Å². The van der Waals surface area contributed by atoms with Crippen molar-refractivity contribution < 1.29 is 13.2 Å². The van der Waals surface area contributed by atoms with Gasteiger partial charge in [0.15, 0.2) is 0 Å². The molecule has 6 heteroatoms. The number of nitrogens with zero attached hydrogens (tertiary/aromatic N) is 1. The van der Waals surface area contributed by atoms with Crippen LogP contribution in [0.1, 0.15) is 19.4 Å². The lowest BCUT2D eigenvalue weighted by atomic mass is 10.1. The molecule has 0 unspecified atom stereocenters. The maximum Gasteiger partial charge on any atom is 0.235 e. The molecule has 0 saturated heterocycles. The maximum absolute atomic E-state index is 11.8. The van der Waals surface area contributed by atoms with Crippen LogP contribution < -0.4 is 5.32 Å². The van der Waals surface area contributed by atoms with E-state index in [9.17, 15) is 13.2 Å². The number of amides is 1. The molecule has 20 heavy (non-hydrogen) atoms. The summed E-state index contributed by atoms with van der Waals surface area (Å²) in [6, 6.07) is 9.58. The summed E-state index contributed by atoms with van der Waals surface area (Å²) in [6.45, 7) is 3.86. The summed E-state index contributed by atoms with van der Waals surface area (Å²) in [5.41, 5.74) is 1.14. The van der Waals surface area contributed by atoms with Crippen LogP contribution in [0, 0.1) is 0 Å². The molecule has 0 saturated carbocycles. The van der Waals surface area contributed by atoms with E-state index >= 15 is 0 Å². The SMILES string of the molecule is CC(C)N(CC(=O)NCCc1ccccc1)S(C)(=O)=O. The lowest BCUT2D eigenvalue weighted by Gasteiger charge is -2.23. The van der Waals surface area contributed by atoms with Gasteiger partial charge in [-0.2, -0.15) is 4.31 Å². The molecule has 0 radical (unpaired) electrons. The summed E-state index contributed by atoms with van der Waals surface area (Å²) in [7, 11) is -3.36. The third kappa shape index (κ3) is 5.71. The van der Waals surface area contributed by atoms with Gasteiger partial charge in [-0.15, -0.1) is 0 Å². The second-order valence-corrected chi connectivity index (χ2v) is 6.92. The Morgan fingerprint density at radius 3 is 2.35 bits per heavy atom. The van der Waals surface area contributed by atoms with Gasteiger partial charge in [0.2, 0.25) is 15.9 Å². The molecule has 1 rings (SSSR count). The van der Waals surface area contributed by atoms with E-state index < -0.39 is 10.0 Å². The Labute approximate surface area is 121 Å². The van der Waals surface area contributed by atoms with Crippen molar-refractivity contribution in [3.05, 3.63) is 35.9 Å². The first-order valence-corrected chi connectivity index (χ1v) is 8.43. The predicted octanol–water partition coefficient (Wildman–Crippen LogP) is 1.02. The average molecular weight is 298 g/mol. The Bertz CT molecular complexity index is 527. The van der Waals surface area contributed by atoms with E-state index in [0.717, 1.165) is 18.2 Å². The summed E-state index contributed by atoms with van der Waals surface area (Å²) in [5.74, 6) is -0.278. The standard InChI is InChI=1S/C14H22N2O3S/c1-12(2)16(20(3,18)19)11-14(17)15-10-9-13-7-5-4-6-8-13/h4-8,12H,9-11H2,1-3H3,(H,15,17). The normalized spacial score (nSPS) is 11.8. The third-order valence-electron chi connectivity index (χ3n) is 2.88. The molecule has 1 amide bonds. The Balaban J connectivity index is 2.43. The molecule has 0 atom stereocenters. The van der Waals surface area contributed by atoms with Crippen molar-refractivity contribution >= 4 is 15.9 Å². The largest absolute Gasteiger partial charge is 0.355 e. The number of hydrogen-bond donors (Lipinski definition) is 1. The van der Waals surface area contributed by atoms with Crippen LogP contribution in [0.5, 0.6) is 0 Å². The van der Waals surface area contributed by atoms with Crippen LogP contribution in [0.4, 0.5) is 0 Å². The van der Waals surface area contributed by atoms with E-state index in [-0.39, 0.29) is 18.5 Å². The zero-order chi connectivity index (χ0) is 15.2. The topological polar surface area (TPSA) is 66.5 Å². The summed E-state index contributed by atoms with van der Waals surface area (Å²) in [4.78, 5) is 11.8. The first kappa shape index (κ1) is 16.7. The number of carbonyl (C=O) groups excluding carboxylic acids is 1. The highest BCUT2D eigenvalue weighted by atomic mass is 32.2. The van der Waals surface area contributed by atoms with E-state index in [4.69, 9.17) is 0 Å². The fourth-order valence-corrected chi connectivity index (χ4v) is 2.99. The Kier molecular flexibility index (Phi) is 6.16. The molecule has 0 heterocycles. The van der Waals surface area contributed by atoms with Crippen molar-refractivity contribution in [1.29, 1.82) is 0 Å². The quantitative estimate of drug-likeness (QED) is 0.817. The molecule has 0 fully saturated rings. The van der Waals surface area contributed by atoms with Crippen LogP contribution in [0.2, 0.25) is 0 Å². The van der Waals surface area contributed by atoms with Crippen molar-refractivity contribution in [2.45, 2.75) is 26.3 Å². The zero-order valence-corrected chi connectivity index (χ0v) is 13.0. The van der Waals surface area contributed by atoms with Crippen LogP contribution in [0.15, 0.2) is 30.3 Å². The molecule has 1 aromatic rings. The predicted molar refractivity (Wildman–Crippen MR) is 79.8 cm³/mol. The van der Waals surface area contributed by atoms with Gasteiger partial charge < -0.3 is 5.32 Å². The zero-order valence-electron chi connectivity index (χ0n) is 12.2. The number of benzene rings is 1. The Morgan fingerprint density at radius 1 is 1.25 bits per heavy atom. The van der Waals surface area contributed by atoms with Crippen LogP contribution >= 0.6 is 0 Å². The molecule has 1 N–H and O–H groups in total. The molecular formula is C14H22N2O3S. The summed E-state index contributed by atoms with van der Waals surface area (Å²) < 4.78 is 24.3. The van der Waals surface area contributed by atoms with Gasteiger partial charge in [0.05, 0.1) is 12.8 Å². The van der Waals surface area contributed by atoms with E-state index in [1.165, 1.54) is 4.31 Å². The van der Waals surface area contributed by atoms with Crippen LogP contribution in [0.3, 0.4) is 0 Å². The molecular weight excluding hydrogens is 276 g/mol. The van der Waals surface area contributed by atoms with E-state index in [1.807, 2.05) is 30.3 Å². The minimum absolute atomic E-state index is 0.134. The van der Waals surface area contributed by atoms with Crippen molar-refractivity contribution in [3.63, 3.8) is 0 Å². The molecule has 0 aliphatic heterocycles. The molecule has 0 aliphatic carbocycles. The molecule has 112 valence electrons. The number of rotatable bonds is 7. The smallest absolute Gasteiger partial charge is 0.235 e. The summed E-state index contributed by atoms with van der Waals surface area (Å²) in [5, 5.41) is 2.74. The van der Waals surface area contributed by atoms with Crippen molar-refractivity contribution in [2.75, 3.05) is 19.3 Å². The molecule has 0 aromatic heterocycles. The number of hydrogen-bond acceptors (Lipinski definition) is 3. The molecule has 0 spiro atoms. The Hall–Kier alpha value is -1.40. The van der Waals surface area contributed by atoms with Gasteiger partial charge in [-0.3, -0.25) is 4.79 Å². The van der Waals surface area contributed by atoms with Crippen molar-refractivity contribution in [3.8, 4) is 0 Å². The Morgan fingerprint density at radius 2 is 1.85 bits per heavy atom. The van der Waals surface area contributed by atoms with Crippen molar-refractivity contribution in [2.24, 2.45) is 0 Å². The minimum atomic E-state index is -3.36. The highest BCUT2D eigenvalue weighted by molar-refractivity contribution is 7.88. The van der Waals surface area contributed by atoms with Gasteiger partial charge in [-0.1, -0.05) is 30.3 Å². The van der Waals surface area contributed by atoms with E-state index in [1.54, 1.807) is 13.8 Å². The highest BCUT2D eigenvalue weighted by Crippen LogP contribution is 2.04. The fraction of sp³-hybridized carbons (Fsp3) is 0.500. The minimum Gasteiger partial charge on any atom is -0.355 e. The molecule has 0 aliphatic rings. The van der Waals surface area contributed by atoms with E-state index in [2.05, 4.69) is 5.32 Å². The van der Waals surface area contributed by atoms with Crippen LogP contribution in [-0.2, 0) is 21.2 Å². The van der Waals surface area contributed by atoms with Crippen LogP contribution in [-0.4, -0.2) is 44.0 Å².